The topological polar surface area (TPSA) is 58.2 Å². The molecule has 0 bridgehead atoms. The van der Waals surface area contributed by atoms with Gasteiger partial charge < -0.3 is 10.6 Å². The summed E-state index contributed by atoms with van der Waals surface area (Å²) in [7, 11) is 0. The number of hydrogen-bond acceptors (Lipinski definition) is 2. The molecule has 0 aliphatic carbocycles. The molecule has 2 amide bonds. The second-order valence-electron chi connectivity index (χ2n) is 5.67. The molecule has 1 atom stereocenters. The zero-order valence-electron chi connectivity index (χ0n) is 12.7. The minimum Gasteiger partial charge on any atom is -0.346 e. The van der Waals surface area contributed by atoms with Crippen molar-refractivity contribution in [3.8, 4) is 0 Å². The largest absolute Gasteiger partial charge is 0.346 e. The molecule has 0 aromatic heterocycles. The van der Waals surface area contributed by atoms with Crippen molar-refractivity contribution in [1.82, 2.24) is 5.32 Å². The number of aryl methyl sites for hydroxylation is 1. The number of benzene rings is 2. The highest BCUT2D eigenvalue weighted by Gasteiger charge is 2.17. The van der Waals surface area contributed by atoms with Crippen LogP contribution < -0.4 is 10.6 Å². The Morgan fingerprint density at radius 1 is 1.17 bits per heavy atom. The number of amides is 2. The Morgan fingerprint density at radius 2 is 1.91 bits per heavy atom. The molecule has 23 heavy (non-hydrogen) atoms. The molecule has 0 radical (unpaired) electrons. The van der Waals surface area contributed by atoms with Gasteiger partial charge in [0.15, 0.2) is 0 Å². The van der Waals surface area contributed by atoms with Crippen LogP contribution in [-0.4, -0.2) is 11.8 Å². The van der Waals surface area contributed by atoms with Gasteiger partial charge in [-0.05, 0) is 54.8 Å². The first-order valence-corrected chi connectivity index (χ1v) is 8.31. The number of nitrogens with one attached hydrogen (secondary N) is 2. The standard InChI is InChI=1S/C18H17BrN2O2/c1-11(12-2-6-15(19)7-3-12)20-18(23)14-4-8-16-13(10-14)5-9-17(22)21-16/h2-4,6-8,10-11H,5,9H2,1H3,(H,20,23)(H,21,22)/t11-/m1/s1. The van der Waals surface area contributed by atoms with Crippen LogP contribution in [0.25, 0.3) is 0 Å². The van der Waals surface area contributed by atoms with Gasteiger partial charge in [0, 0.05) is 22.1 Å². The minimum absolute atomic E-state index is 0.0264. The Bertz CT molecular complexity index is 756. The fraction of sp³-hybridized carbons (Fsp3) is 0.222. The predicted molar refractivity (Wildman–Crippen MR) is 93.4 cm³/mol. The van der Waals surface area contributed by atoms with E-state index in [1.54, 1.807) is 12.1 Å². The fourth-order valence-electron chi connectivity index (χ4n) is 2.64. The van der Waals surface area contributed by atoms with Crippen molar-refractivity contribution in [1.29, 1.82) is 0 Å². The Labute approximate surface area is 143 Å². The molecule has 1 aliphatic heterocycles. The third-order valence-electron chi connectivity index (χ3n) is 3.98. The van der Waals surface area contributed by atoms with E-state index in [4.69, 9.17) is 0 Å². The van der Waals surface area contributed by atoms with Gasteiger partial charge in [-0.1, -0.05) is 28.1 Å². The van der Waals surface area contributed by atoms with Crippen molar-refractivity contribution in [3.63, 3.8) is 0 Å². The van der Waals surface area contributed by atoms with E-state index in [0.717, 1.165) is 21.3 Å². The van der Waals surface area contributed by atoms with Crippen LogP contribution in [0.15, 0.2) is 46.9 Å². The summed E-state index contributed by atoms with van der Waals surface area (Å²) in [4.78, 5) is 23.8. The van der Waals surface area contributed by atoms with Gasteiger partial charge in [0.1, 0.15) is 0 Å². The third-order valence-corrected chi connectivity index (χ3v) is 4.51. The molecule has 0 fully saturated rings. The average Bonchev–Trinajstić information content (AvgIpc) is 2.54. The first kappa shape index (κ1) is 15.7. The summed E-state index contributed by atoms with van der Waals surface area (Å²) in [5.41, 5.74) is 3.47. The SMILES string of the molecule is C[C@@H](NC(=O)c1ccc2c(c1)CCC(=O)N2)c1ccc(Br)cc1. The number of carbonyl (C=O) groups excluding carboxylic acids is 2. The third kappa shape index (κ3) is 3.62. The molecular weight excluding hydrogens is 356 g/mol. The van der Waals surface area contributed by atoms with Gasteiger partial charge >= 0.3 is 0 Å². The first-order chi connectivity index (χ1) is 11.0. The predicted octanol–water partition coefficient (Wildman–Crippen LogP) is 3.82. The summed E-state index contributed by atoms with van der Waals surface area (Å²) in [6, 6.07) is 13.2. The van der Waals surface area contributed by atoms with Gasteiger partial charge in [-0.3, -0.25) is 9.59 Å². The average molecular weight is 373 g/mol. The fourth-order valence-corrected chi connectivity index (χ4v) is 2.90. The van der Waals surface area contributed by atoms with Crippen LogP contribution in [0, 0.1) is 0 Å². The van der Waals surface area contributed by atoms with E-state index in [1.807, 2.05) is 37.3 Å². The van der Waals surface area contributed by atoms with Gasteiger partial charge in [0.2, 0.25) is 5.91 Å². The van der Waals surface area contributed by atoms with Crippen LogP contribution in [0.1, 0.15) is 40.9 Å². The van der Waals surface area contributed by atoms with E-state index in [-0.39, 0.29) is 17.9 Å². The van der Waals surface area contributed by atoms with Gasteiger partial charge in [0.05, 0.1) is 6.04 Å². The highest BCUT2D eigenvalue weighted by Crippen LogP contribution is 2.24. The van der Waals surface area contributed by atoms with Crippen molar-refractivity contribution in [2.45, 2.75) is 25.8 Å². The van der Waals surface area contributed by atoms with E-state index in [2.05, 4.69) is 26.6 Å². The summed E-state index contributed by atoms with van der Waals surface area (Å²) in [5.74, 6) is -0.0846. The highest BCUT2D eigenvalue weighted by molar-refractivity contribution is 9.10. The number of carbonyl (C=O) groups is 2. The van der Waals surface area contributed by atoms with Crippen LogP contribution in [0.2, 0.25) is 0 Å². The monoisotopic (exact) mass is 372 g/mol. The number of rotatable bonds is 3. The molecule has 0 saturated heterocycles. The van der Waals surface area contributed by atoms with E-state index in [9.17, 15) is 9.59 Å². The van der Waals surface area contributed by atoms with Crippen LogP contribution in [-0.2, 0) is 11.2 Å². The van der Waals surface area contributed by atoms with Crippen molar-refractivity contribution < 1.29 is 9.59 Å². The second kappa shape index (κ2) is 6.54. The Balaban J connectivity index is 1.73. The Morgan fingerprint density at radius 3 is 2.65 bits per heavy atom. The molecule has 0 unspecified atom stereocenters. The summed E-state index contributed by atoms with van der Waals surface area (Å²) in [6.07, 6.45) is 1.14. The smallest absolute Gasteiger partial charge is 0.251 e. The van der Waals surface area contributed by atoms with Crippen molar-refractivity contribution in [2.75, 3.05) is 5.32 Å². The van der Waals surface area contributed by atoms with Crippen LogP contribution >= 0.6 is 15.9 Å². The molecule has 1 aliphatic rings. The maximum absolute atomic E-state index is 12.4. The molecule has 5 heteroatoms. The highest BCUT2D eigenvalue weighted by atomic mass is 79.9. The zero-order chi connectivity index (χ0) is 16.4. The molecule has 118 valence electrons. The lowest BCUT2D eigenvalue weighted by Gasteiger charge is -2.18. The molecule has 2 aromatic carbocycles. The number of hydrogen-bond donors (Lipinski definition) is 2. The number of anilines is 1. The lowest BCUT2D eigenvalue weighted by atomic mass is 10.00. The second-order valence-corrected chi connectivity index (χ2v) is 6.58. The van der Waals surface area contributed by atoms with E-state index >= 15 is 0 Å². The lowest BCUT2D eigenvalue weighted by molar-refractivity contribution is -0.116. The quantitative estimate of drug-likeness (QED) is 0.859. The van der Waals surface area contributed by atoms with Crippen LogP contribution in [0.3, 0.4) is 0 Å². The Hall–Kier alpha value is -2.14. The minimum atomic E-state index is -0.111. The maximum Gasteiger partial charge on any atom is 0.251 e. The number of halogens is 1. The van der Waals surface area contributed by atoms with Crippen LogP contribution in [0.5, 0.6) is 0 Å². The Kier molecular flexibility index (Phi) is 4.48. The molecule has 1 heterocycles. The van der Waals surface area contributed by atoms with E-state index in [0.29, 0.717) is 18.4 Å². The van der Waals surface area contributed by atoms with Crippen molar-refractivity contribution in [2.24, 2.45) is 0 Å². The summed E-state index contributed by atoms with van der Waals surface area (Å²) in [5, 5.41) is 5.83. The molecule has 3 rings (SSSR count). The summed E-state index contributed by atoms with van der Waals surface area (Å²) >= 11 is 3.40. The molecule has 0 saturated carbocycles. The molecule has 2 N–H and O–H groups in total. The van der Waals surface area contributed by atoms with Gasteiger partial charge in [-0.25, -0.2) is 0 Å². The van der Waals surface area contributed by atoms with Crippen LogP contribution in [0.4, 0.5) is 5.69 Å². The van der Waals surface area contributed by atoms with Crippen molar-refractivity contribution in [3.05, 3.63) is 63.6 Å². The van der Waals surface area contributed by atoms with Gasteiger partial charge in [-0.15, -0.1) is 0 Å². The van der Waals surface area contributed by atoms with Gasteiger partial charge in [-0.2, -0.15) is 0 Å². The van der Waals surface area contributed by atoms with Gasteiger partial charge in [0.25, 0.3) is 5.91 Å². The van der Waals surface area contributed by atoms with E-state index in [1.165, 1.54) is 0 Å². The molecule has 0 spiro atoms. The zero-order valence-corrected chi connectivity index (χ0v) is 14.3. The van der Waals surface area contributed by atoms with Crippen molar-refractivity contribution >= 4 is 33.4 Å². The lowest BCUT2D eigenvalue weighted by Crippen LogP contribution is -2.27. The first-order valence-electron chi connectivity index (χ1n) is 7.52. The summed E-state index contributed by atoms with van der Waals surface area (Å²) < 4.78 is 1.01. The number of fused-ring (bicyclic) bond motifs is 1. The molecule has 2 aromatic rings. The summed E-state index contributed by atoms with van der Waals surface area (Å²) in [6.45, 7) is 1.96. The van der Waals surface area contributed by atoms with E-state index < -0.39 is 0 Å². The molecule has 4 nitrogen and oxygen atoms in total. The normalized spacial score (nSPS) is 14.6. The molecular formula is C18H17BrN2O2. The maximum atomic E-state index is 12.4.